The van der Waals surface area contributed by atoms with Gasteiger partial charge < -0.3 is 15.3 Å². The molecule has 0 saturated carbocycles. The van der Waals surface area contributed by atoms with E-state index in [1.54, 1.807) is 0 Å². The van der Waals surface area contributed by atoms with Crippen molar-refractivity contribution in [3.63, 3.8) is 0 Å². The quantitative estimate of drug-likeness (QED) is 0.343. The number of hydrogen-bond acceptors (Lipinski definition) is 6. The SMILES string of the molecule is NN=C(C1=NCCO1)C1=NCCO1. The molecule has 0 unspecified atom stereocenters. The first kappa shape index (κ1) is 8.03. The van der Waals surface area contributed by atoms with Crippen LogP contribution < -0.4 is 5.84 Å². The molecule has 0 saturated heterocycles. The molecule has 13 heavy (non-hydrogen) atoms. The summed E-state index contributed by atoms with van der Waals surface area (Å²) in [5, 5.41) is 3.56. The smallest absolute Gasteiger partial charge is 0.243 e. The van der Waals surface area contributed by atoms with Gasteiger partial charge in [0.1, 0.15) is 13.2 Å². The lowest BCUT2D eigenvalue weighted by molar-refractivity contribution is 0.345. The minimum Gasteiger partial charge on any atom is -0.474 e. The highest BCUT2D eigenvalue weighted by atomic mass is 16.5. The number of nitrogens with two attached hydrogens (primary N) is 1. The zero-order valence-corrected chi connectivity index (χ0v) is 7.06. The molecule has 2 N–H and O–H groups in total. The van der Waals surface area contributed by atoms with Gasteiger partial charge in [-0.25, -0.2) is 9.98 Å². The Balaban J connectivity index is 2.18. The van der Waals surface area contributed by atoms with Gasteiger partial charge in [-0.2, -0.15) is 5.10 Å². The molecule has 2 rings (SSSR count). The van der Waals surface area contributed by atoms with Crippen molar-refractivity contribution in [1.82, 2.24) is 0 Å². The van der Waals surface area contributed by atoms with Crippen LogP contribution in [0.3, 0.4) is 0 Å². The van der Waals surface area contributed by atoms with E-state index in [0.29, 0.717) is 43.8 Å². The van der Waals surface area contributed by atoms with Crippen molar-refractivity contribution in [2.24, 2.45) is 20.9 Å². The maximum absolute atomic E-state index is 5.20. The Labute approximate surface area is 75.1 Å². The van der Waals surface area contributed by atoms with Crippen LogP contribution in [0.15, 0.2) is 15.1 Å². The van der Waals surface area contributed by atoms with Gasteiger partial charge in [0, 0.05) is 0 Å². The lowest BCUT2D eigenvalue weighted by Crippen LogP contribution is -2.26. The van der Waals surface area contributed by atoms with E-state index in [-0.39, 0.29) is 0 Å². The fourth-order valence-corrected chi connectivity index (χ4v) is 1.16. The lowest BCUT2D eigenvalue weighted by Gasteiger charge is -2.03. The molecule has 0 amide bonds. The highest BCUT2D eigenvalue weighted by molar-refractivity contribution is 6.65. The summed E-state index contributed by atoms with van der Waals surface area (Å²) < 4.78 is 10.4. The number of ether oxygens (including phenoxy) is 2. The molecular weight excluding hydrogens is 172 g/mol. The average molecular weight is 182 g/mol. The van der Waals surface area contributed by atoms with Gasteiger partial charge in [-0.15, -0.1) is 0 Å². The first-order chi connectivity index (χ1) is 6.42. The largest absolute Gasteiger partial charge is 0.474 e. The zero-order chi connectivity index (χ0) is 9.10. The molecule has 6 nitrogen and oxygen atoms in total. The Hall–Kier alpha value is -1.59. The van der Waals surface area contributed by atoms with Crippen LogP contribution in [0.5, 0.6) is 0 Å². The first-order valence-electron chi connectivity index (χ1n) is 4.05. The molecule has 0 bridgehead atoms. The predicted molar refractivity (Wildman–Crippen MR) is 48.1 cm³/mol. The van der Waals surface area contributed by atoms with Crippen LogP contribution in [0.4, 0.5) is 0 Å². The van der Waals surface area contributed by atoms with Crippen LogP contribution in [0, 0.1) is 0 Å². The van der Waals surface area contributed by atoms with Gasteiger partial charge in [-0.1, -0.05) is 0 Å². The summed E-state index contributed by atoms with van der Waals surface area (Å²) in [4.78, 5) is 8.15. The number of rotatable bonds is 2. The second-order valence-corrected chi connectivity index (χ2v) is 2.55. The van der Waals surface area contributed by atoms with E-state index in [2.05, 4.69) is 15.1 Å². The van der Waals surface area contributed by atoms with Crippen molar-refractivity contribution in [3.8, 4) is 0 Å². The van der Waals surface area contributed by atoms with E-state index < -0.39 is 0 Å². The van der Waals surface area contributed by atoms with Gasteiger partial charge in [0.2, 0.25) is 17.5 Å². The average Bonchev–Trinajstić information content (AvgIpc) is 2.76. The minimum atomic E-state index is 0.412. The maximum Gasteiger partial charge on any atom is 0.243 e. The Bertz CT molecular complexity index is 269. The van der Waals surface area contributed by atoms with Crippen molar-refractivity contribution in [1.29, 1.82) is 0 Å². The summed E-state index contributed by atoms with van der Waals surface area (Å²) in [7, 11) is 0. The fraction of sp³-hybridized carbons (Fsp3) is 0.571. The van der Waals surface area contributed by atoms with Crippen LogP contribution in [-0.4, -0.2) is 43.8 Å². The van der Waals surface area contributed by atoms with Crippen LogP contribution in [0.1, 0.15) is 0 Å². The third kappa shape index (κ3) is 1.47. The van der Waals surface area contributed by atoms with Crippen molar-refractivity contribution < 1.29 is 9.47 Å². The van der Waals surface area contributed by atoms with Gasteiger partial charge in [0.05, 0.1) is 13.1 Å². The monoisotopic (exact) mass is 182 g/mol. The Kier molecular flexibility index (Phi) is 2.11. The molecule has 2 aliphatic heterocycles. The van der Waals surface area contributed by atoms with E-state index >= 15 is 0 Å². The topological polar surface area (TPSA) is 81.6 Å². The summed E-state index contributed by atoms with van der Waals surface area (Å²) in [6.45, 7) is 2.42. The third-order valence-electron chi connectivity index (χ3n) is 1.71. The van der Waals surface area contributed by atoms with Crippen molar-refractivity contribution in [2.45, 2.75) is 0 Å². The van der Waals surface area contributed by atoms with Crippen LogP contribution in [0.25, 0.3) is 0 Å². The number of nitrogens with zero attached hydrogens (tertiary/aromatic N) is 3. The molecule has 0 aromatic heterocycles. The molecule has 0 atom stereocenters. The molecule has 0 spiro atoms. The summed E-state index contributed by atoms with van der Waals surface area (Å²) in [6.07, 6.45) is 0. The van der Waals surface area contributed by atoms with Gasteiger partial charge in [0.25, 0.3) is 0 Å². The molecule has 0 aliphatic carbocycles. The van der Waals surface area contributed by atoms with Gasteiger partial charge in [-0.05, 0) is 0 Å². The Morgan fingerprint density at radius 3 is 2.00 bits per heavy atom. The van der Waals surface area contributed by atoms with E-state index in [1.807, 2.05) is 0 Å². The van der Waals surface area contributed by atoms with E-state index in [9.17, 15) is 0 Å². The lowest BCUT2D eigenvalue weighted by atomic mass is 10.3. The van der Waals surface area contributed by atoms with Crippen molar-refractivity contribution in [2.75, 3.05) is 26.3 Å². The predicted octanol–water partition coefficient (Wildman–Crippen LogP) is -0.841. The molecule has 6 heteroatoms. The third-order valence-corrected chi connectivity index (χ3v) is 1.71. The molecule has 0 fully saturated rings. The second-order valence-electron chi connectivity index (χ2n) is 2.55. The molecule has 70 valence electrons. The normalized spacial score (nSPS) is 20.0. The molecule has 0 aromatic rings. The minimum absolute atomic E-state index is 0.412. The van der Waals surface area contributed by atoms with Crippen LogP contribution >= 0.6 is 0 Å². The molecule has 2 aliphatic rings. The van der Waals surface area contributed by atoms with Gasteiger partial charge >= 0.3 is 0 Å². The molecule has 2 heterocycles. The summed E-state index contributed by atoms with van der Waals surface area (Å²) in [5.41, 5.74) is 0.412. The van der Waals surface area contributed by atoms with Gasteiger partial charge in [-0.3, -0.25) is 0 Å². The van der Waals surface area contributed by atoms with E-state index in [1.165, 1.54) is 0 Å². The summed E-state index contributed by atoms with van der Waals surface area (Å²) in [6, 6.07) is 0. The molecule has 0 aromatic carbocycles. The number of aliphatic imine (C=N–C) groups is 2. The summed E-state index contributed by atoms with van der Waals surface area (Å²) >= 11 is 0. The van der Waals surface area contributed by atoms with Crippen LogP contribution in [0.2, 0.25) is 0 Å². The highest BCUT2D eigenvalue weighted by Crippen LogP contribution is 2.03. The van der Waals surface area contributed by atoms with E-state index in [4.69, 9.17) is 15.3 Å². The standard InChI is InChI=1S/C7H10N4O2/c8-11-5(6-9-1-3-12-6)7-10-2-4-13-7/h1-4,8H2. The zero-order valence-electron chi connectivity index (χ0n) is 7.06. The molecular formula is C7H10N4O2. The van der Waals surface area contributed by atoms with Crippen molar-refractivity contribution in [3.05, 3.63) is 0 Å². The van der Waals surface area contributed by atoms with E-state index in [0.717, 1.165) is 0 Å². The fourth-order valence-electron chi connectivity index (χ4n) is 1.16. The van der Waals surface area contributed by atoms with Gasteiger partial charge in [0.15, 0.2) is 0 Å². The number of hydrogen-bond donors (Lipinski definition) is 1. The Morgan fingerprint density at radius 1 is 1.15 bits per heavy atom. The highest BCUT2D eigenvalue weighted by Gasteiger charge is 2.24. The number of hydrazone groups is 1. The second kappa shape index (κ2) is 3.42. The Morgan fingerprint density at radius 2 is 1.69 bits per heavy atom. The summed E-state index contributed by atoms with van der Waals surface area (Å²) in [5.74, 6) is 6.07. The first-order valence-corrected chi connectivity index (χ1v) is 4.05. The van der Waals surface area contributed by atoms with Crippen LogP contribution in [-0.2, 0) is 9.47 Å². The molecule has 0 radical (unpaired) electrons. The maximum atomic E-state index is 5.20. The van der Waals surface area contributed by atoms with Crippen molar-refractivity contribution >= 4 is 17.5 Å².